The van der Waals surface area contributed by atoms with E-state index in [-0.39, 0.29) is 11.1 Å². The van der Waals surface area contributed by atoms with Crippen LogP contribution in [0.5, 0.6) is 0 Å². The summed E-state index contributed by atoms with van der Waals surface area (Å²) >= 11 is 5.27. The molecule has 0 aliphatic heterocycles. The molecule has 0 spiro atoms. The molecule has 0 saturated carbocycles. The van der Waals surface area contributed by atoms with Crippen LogP contribution in [0.4, 0.5) is 0 Å². The van der Waals surface area contributed by atoms with Crippen molar-refractivity contribution in [3.63, 3.8) is 0 Å². The molecule has 0 amide bonds. The third-order valence-corrected chi connectivity index (χ3v) is 1.52. The van der Waals surface area contributed by atoms with Gasteiger partial charge in [0, 0.05) is 9.68 Å². The molecule has 1 nitrogen and oxygen atoms in total. The first-order valence-electron chi connectivity index (χ1n) is 4.63. The van der Waals surface area contributed by atoms with Crippen molar-refractivity contribution in [2.24, 2.45) is 0 Å². The number of hydrogen-bond acceptors (Lipinski definition) is 1. The molecule has 11 heavy (non-hydrogen) atoms. The lowest BCUT2D eigenvalue weighted by Crippen LogP contribution is -1.90. The molecule has 1 rings (SSSR count). The zero-order valence-corrected chi connectivity index (χ0v) is 6.77. The average Bonchev–Trinajstić information content (AvgIpc) is 2.01. The normalized spacial score (nSPS) is 14.9. The van der Waals surface area contributed by atoms with Gasteiger partial charge in [0.2, 0.25) is 0 Å². The molecular formula is C9H9ClO. The van der Waals surface area contributed by atoms with Gasteiger partial charge in [-0.1, -0.05) is 17.2 Å². The van der Waals surface area contributed by atoms with Gasteiger partial charge >= 0.3 is 0 Å². The second kappa shape index (κ2) is 3.05. The highest BCUT2D eigenvalue weighted by molar-refractivity contribution is 6.67. The Morgan fingerprint density at radius 2 is 2.09 bits per heavy atom. The minimum absolute atomic E-state index is 0.140. The van der Waals surface area contributed by atoms with Crippen LogP contribution in [0.1, 0.15) is 25.6 Å². The minimum atomic E-state index is -2.20. The molecule has 0 atom stereocenters. The molecule has 0 unspecified atom stereocenters. The zero-order valence-electron chi connectivity index (χ0n) is 9.02. The van der Waals surface area contributed by atoms with E-state index >= 15 is 0 Å². The van der Waals surface area contributed by atoms with E-state index in [1.807, 2.05) is 0 Å². The van der Waals surface area contributed by atoms with E-state index in [1.165, 1.54) is 12.1 Å². The standard InChI is InChI=1S/C9H9ClO/c1-6-3-7(2)5-8(4-6)9(10)11/h3-5H,1-2H3/i1D3. The summed E-state index contributed by atoms with van der Waals surface area (Å²) in [6, 6.07) is 4.39. The lowest BCUT2D eigenvalue weighted by molar-refractivity contribution is 0.108. The predicted molar refractivity (Wildman–Crippen MR) is 46.1 cm³/mol. The molecule has 0 aliphatic rings. The first-order valence-corrected chi connectivity index (χ1v) is 3.50. The van der Waals surface area contributed by atoms with Crippen LogP contribution in [0.15, 0.2) is 18.2 Å². The van der Waals surface area contributed by atoms with Gasteiger partial charge in [-0.3, -0.25) is 4.79 Å². The zero-order chi connectivity index (χ0) is 10.9. The molecule has 0 aromatic heterocycles. The molecule has 1 aromatic rings. The number of hydrogen-bond donors (Lipinski definition) is 0. The SMILES string of the molecule is [2H]C([2H])([2H])c1cc(C)cc(C(=O)Cl)c1. The first-order chi connectivity index (χ1) is 6.30. The van der Waals surface area contributed by atoms with Crippen LogP contribution >= 0.6 is 11.6 Å². The van der Waals surface area contributed by atoms with Crippen molar-refractivity contribution in [2.45, 2.75) is 13.8 Å². The fourth-order valence-corrected chi connectivity index (χ4v) is 1.01. The van der Waals surface area contributed by atoms with E-state index in [0.717, 1.165) is 0 Å². The highest BCUT2D eigenvalue weighted by Crippen LogP contribution is 2.10. The maximum Gasteiger partial charge on any atom is 0.252 e. The third-order valence-electron chi connectivity index (χ3n) is 1.30. The topological polar surface area (TPSA) is 17.1 Å². The summed E-state index contributed by atoms with van der Waals surface area (Å²) < 4.78 is 21.6. The molecule has 0 radical (unpaired) electrons. The Labute approximate surface area is 75.2 Å². The quantitative estimate of drug-likeness (QED) is 0.594. The van der Waals surface area contributed by atoms with Crippen LogP contribution < -0.4 is 0 Å². The number of aryl methyl sites for hydroxylation is 2. The highest BCUT2D eigenvalue weighted by atomic mass is 35.5. The smallest absolute Gasteiger partial charge is 0.252 e. The van der Waals surface area contributed by atoms with Gasteiger partial charge in [-0.2, -0.15) is 0 Å². The monoisotopic (exact) mass is 171 g/mol. The van der Waals surface area contributed by atoms with Gasteiger partial charge in [0.1, 0.15) is 0 Å². The molecule has 0 fully saturated rings. The maximum atomic E-state index is 10.9. The molecule has 0 heterocycles. The summed E-state index contributed by atoms with van der Waals surface area (Å²) in [5.74, 6) is 0. The van der Waals surface area contributed by atoms with Crippen LogP contribution in [-0.4, -0.2) is 5.24 Å². The summed E-state index contributed by atoms with van der Waals surface area (Å²) in [6.45, 7) is -0.480. The van der Waals surface area contributed by atoms with Crippen molar-refractivity contribution in [1.82, 2.24) is 0 Å². The minimum Gasteiger partial charge on any atom is -0.276 e. The molecule has 0 aliphatic carbocycles. The Balaban J connectivity index is 3.28. The van der Waals surface area contributed by atoms with Crippen LogP contribution in [0.2, 0.25) is 0 Å². The Bertz CT molecular complexity index is 371. The number of benzene rings is 1. The first kappa shape index (κ1) is 4.94. The van der Waals surface area contributed by atoms with Crippen LogP contribution in [-0.2, 0) is 0 Å². The summed E-state index contributed by atoms with van der Waals surface area (Å²) in [4.78, 5) is 10.9. The van der Waals surface area contributed by atoms with E-state index in [1.54, 1.807) is 13.0 Å². The van der Waals surface area contributed by atoms with Gasteiger partial charge in [-0.05, 0) is 37.5 Å². The van der Waals surface area contributed by atoms with E-state index in [0.29, 0.717) is 5.56 Å². The van der Waals surface area contributed by atoms with Crippen LogP contribution in [0.25, 0.3) is 0 Å². The summed E-state index contributed by atoms with van der Waals surface area (Å²) in [5, 5.41) is -0.640. The van der Waals surface area contributed by atoms with Gasteiger partial charge in [0.15, 0.2) is 0 Å². The number of carbonyl (C=O) groups excluding carboxylic acids is 1. The maximum absolute atomic E-state index is 10.9. The van der Waals surface area contributed by atoms with Crippen molar-refractivity contribution >= 4 is 16.8 Å². The summed E-state index contributed by atoms with van der Waals surface area (Å²) in [6.07, 6.45) is 0. The second-order valence-electron chi connectivity index (χ2n) is 2.36. The molecule has 0 N–H and O–H groups in total. The van der Waals surface area contributed by atoms with Gasteiger partial charge < -0.3 is 0 Å². The summed E-state index contributed by atoms with van der Waals surface area (Å²) in [7, 11) is 0. The van der Waals surface area contributed by atoms with Crippen molar-refractivity contribution < 1.29 is 8.91 Å². The van der Waals surface area contributed by atoms with Crippen molar-refractivity contribution in [1.29, 1.82) is 0 Å². The molecule has 0 saturated heterocycles. The Morgan fingerprint density at radius 3 is 2.64 bits per heavy atom. The fourth-order valence-electron chi connectivity index (χ4n) is 0.897. The van der Waals surface area contributed by atoms with Gasteiger partial charge in [-0.15, -0.1) is 0 Å². The summed E-state index contributed by atoms with van der Waals surface area (Å²) in [5.41, 5.74) is 1.07. The Kier molecular flexibility index (Phi) is 1.37. The average molecular weight is 172 g/mol. The third kappa shape index (κ3) is 2.05. The molecular weight excluding hydrogens is 160 g/mol. The lowest BCUT2D eigenvalue weighted by atomic mass is 10.1. The van der Waals surface area contributed by atoms with Gasteiger partial charge in [0.05, 0.1) is 0 Å². The highest BCUT2D eigenvalue weighted by Gasteiger charge is 2.01. The molecule has 2 heteroatoms. The van der Waals surface area contributed by atoms with Crippen molar-refractivity contribution in [3.05, 3.63) is 34.9 Å². The predicted octanol–water partition coefficient (Wildman–Crippen LogP) is 2.68. The van der Waals surface area contributed by atoms with Gasteiger partial charge in [-0.25, -0.2) is 0 Å². The second-order valence-corrected chi connectivity index (χ2v) is 2.70. The number of rotatable bonds is 1. The van der Waals surface area contributed by atoms with E-state index in [9.17, 15) is 4.79 Å². The number of carbonyl (C=O) groups is 1. The van der Waals surface area contributed by atoms with Crippen LogP contribution in [0, 0.1) is 13.8 Å². The number of halogens is 1. The largest absolute Gasteiger partial charge is 0.276 e. The van der Waals surface area contributed by atoms with E-state index < -0.39 is 12.1 Å². The Hall–Kier alpha value is -0.820. The lowest BCUT2D eigenvalue weighted by Gasteiger charge is -1.98. The van der Waals surface area contributed by atoms with Crippen molar-refractivity contribution in [2.75, 3.05) is 0 Å². The molecule has 58 valence electrons. The molecule has 0 bridgehead atoms. The van der Waals surface area contributed by atoms with Gasteiger partial charge in [0.25, 0.3) is 5.24 Å². The van der Waals surface area contributed by atoms with Crippen molar-refractivity contribution in [3.8, 4) is 0 Å². The van der Waals surface area contributed by atoms with Crippen LogP contribution in [0.3, 0.4) is 0 Å². The molecule has 1 aromatic carbocycles. The Morgan fingerprint density at radius 1 is 1.45 bits per heavy atom. The fraction of sp³-hybridized carbons (Fsp3) is 0.222. The van der Waals surface area contributed by atoms with E-state index in [2.05, 4.69) is 0 Å². The van der Waals surface area contributed by atoms with E-state index in [4.69, 9.17) is 15.7 Å².